The van der Waals surface area contributed by atoms with E-state index in [9.17, 15) is 14.3 Å². The number of hydrogen-bond donors (Lipinski definition) is 2. The summed E-state index contributed by atoms with van der Waals surface area (Å²) in [6.45, 7) is 3.61. The molecule has 2 atom stereocenters. The molecule has 0 aliphatic rings. The maximum atomic E-state index is 12.7. The van der Waals surface area contributed by atoms with Crippen LogP contribution < -0.4 is 4.52 Å². The Balaban J connectivity index is 2.32. The van der Waals surface area contributed by atoms with Crippen molar-refractivity contribution in [2.24, 2.45) is 0 Å². The van der Waals surface area contributed by atoms with Gasteiger partial charge >= 0.3 is 13.6 Å². The van der Waals surface area contributed by atoms with Crippen LogP contribution in [0, 0.1) is 0 Å². The van der Waals surface area contributed by atoms with Crippen molar-refractivity contribution >= 4 is 13.6 Å². The minimum absolute atomic E-state index is 0.0866. The van der Waals surface area contributed by atoms with Gasteiger partial charge in [-0.05, 0) is 11.6 Å². The Morgan fingerprint density at radius 3 is 2.39 bits per heavy atom. The van der Waals surface area contributed by atoms with Crippen LogP contribution >= 0.6 is 7.60 Å². The molecule has 5 nitrogen and oxygen atoms in total. The number of carboxylic acids is 1. The molecule has 0 aromatic heterocycles. The lowest BCUT2D eigenvalue weighted by molar-refractivity contribution is -0.136. The summed E-state index contributed by atoms with van der Waals surface area (Å²) < 4.78 is 18.0. The first-order valence-electron chi connectivity index (χ1n) is 6.93. The fourth-order valence-electron chi connectivity index (χ4n) is 2.21. The van der Waals surface area contributed by atoms with Crippen molar-refractivity contribution in [2.75, 3.05) is 0 Å². The Morgan fingerprint density at radius 1 is 1.17 bits per heavy atom. The van der Waals surface area contributed by atoms with Crippen molar-refractivity contribution < 1.29 is 23.9 Å². The zero-order valence-electron chi connectivity index (χ0n) is 12.3. The molecule has 2 aromatic rings. The molecule has 6 heteroatoms. The summed E-state index contributed by atoms with van der Waals surface area (Å²) in [4.78, 5) is 21.2. The lowest BCUT2D eigenvalue weighted by Gasteiger charge is -2.22. The first kappa shape index (κ1) is 17.0. The molecule has 0 aliphatic heterocycles. The fourth-order valence-corrected chi connectivity index (χ4v) is 3.60. The van der Waals surface area contributed by atoms with E-state index in [4.69, 9.17) is 9.63 Å². The van der Waals surface area contributed by atoms with Crippen molar-refractivity contribution in [1.29, 1.82) is 0 Å². The topological polar surface area (TPSA) is 83.8 Å². The van der Waals surface area contributed by atoms with Gasteiger partial charge in [-0.25, -0.2) is 4.57 Å². The maximum Gasteiger partial charge on any atom is 0.387 e. The van der Waals surface area contributed by atoms with Gasteiger partial charge < -0.3 is 14.5 Å². The van der Waals surface area contributed by atoms with Crippen LogP contribution in [0.25, 0.3) is 0 Å². The Labute approximate surface area is 134 Å². The minimum Gasteiger partial charge on any atom is -0.481 e. The van der Waals surface area contributed by atoms with Crippen LogP contribution in [0.2, 0.25) is 0 Å². The average molecular weight is 332 g/mol. The largest absolute Gasteiger partial charge is 0.481 e. The number of rotatable bonds is 7. The van der Waals surface area contributed by atoms with E-state index >= 15 is 0 Å². The van der Waals surface area contributed by atoms with Crippen LogP contribution in [-0.4, -0.2) is 16.0 Å². The number of aliphatic carboxylic acids is 1. The first-order valence-corrected chi connectivity index (χ1v) is 8.58. The molecule has 0 bridgehead atoms. The van der Waals surface area contributed by atoms with Crippen LogP contribution in [0.1, 0.15) is 16.8 Å². The Kier molecular flexibility index (Phi) is 5.37. The van der Waals surface area contributed by atoms with E-state index in [1.807, 2.05) is 0 Å². The van der Waals surface area contributed by atoms with Crippen molar-refractivity contribution in [3.63, 3.8) is 0 Å². The summed E-state index contributed by atoms with van der Waals surface area (Å²) in [5.41, 5.74) is 0.0378. The summed E-state index contributed by atoms with van der Waals surface area (Å²) >= 11 is 0. The van der Waals surface area contributed by atoms with Gasteiger partial charge in [0.15, 0.2) is 0 Å². The Hall–Kier alpha value is -2.36. The summed E-state index contributed by atoms with van der Waals surface area (Å²) in [7, 11) is -4.13. The van der Waals surface area contributed by atoms with E-state index in [0.29, 0.717) is 11.1 Å². The zero-order chi connectivity index (χ0) is 16.9. The number of benzene rings is 2. The van der Waals surface area contributed by atoms with Gasteiger partial charge in [-0.2, -0.15) is 0 Å². The summed E-state index contributed by atoms with van der Waals surface area (Å²) in [6, 6.07) is 15.0. The van der Waals surface area contributed by atoms with Crippen LogP contribution in [-0.2, 0) is 15.8 Å². The van der Waals surface area contributed by atoms with E-state index in [1.54, 1.807) is 48.5 Å². The second kappa shape index (κ2) is 7.27. The zero-order valence-corrected chi connectivity index (χ0v) is 13.2. The van der Waals surface area contributed by atoms with Gasteiger partial charge in [-0.1, -0.05) is 54.6 Å². The van der Waals surface area contributed by atoms with Crippen molar-refractivity contribution in [3.8, 4) is 5.75 Å². The molecule has 0 saturated carbocycles. The lowest BCUT2D eigenvalue weighted by Crippen LogP contribution is -2.06. The number of hydrogen-bond acceptors (Lipinski definition) is 3. The van der Waals surface area contributed by atoms with E-state index in [0.717, 1.165) is 0 Å². The highest BCUT2D eigenvalue weighted by Crippen LogP contribution is 2.57. The van der Waals surface area contributed by atoms with Crippen LogP contribution in [0.3, 0.4) is 0 Å². The van der Waals surface area contributed by atoms with Crippen molar-refractivity contribution in [2.45, 2.75) is 12.1 Å². The predicted molar refractivity (Wildman–Crippen MR) is 87.6 cm³/mol. The highest BCUT2D eigenvalue weighted by molar-refractivity contribution is 7.53. The molecular weight excluding hydrogens is 315 g/mol. The van der Waals surface area contributed by atoms with Gasteiger partial charge in [0.1, 0.15) is 11.4 Å². The predicted octanol–water partition coefficient (Wildman–Crippen LogP) is 3.81. The number of para-hydroxylation sites is 1. The third-order valence-electron chi connectivity index (χ3n) is 3.26. The van der Waals surface area contributed by atoms with Gasteiger partial charge in [0, 0.05) is 5.56 Å². The number of carbonyl (C=O) groups is 1. The van der Waals surface area contributed by atoms with Crippen molar-refractivity contribution in [1.82, 2.24) is 0 Å². The highest BCUT2D eigenvalue weighted by atomic mass is 31.2. The van der Waals surface area contributed by atoms with E-state index < -0.39 is 19.2 Å². The monoisotopic (exact) mass is 332 g/mol. The van der Waals surface area contributed by atoms with Gasteiger partial charge in [-0.15, -0.1) is 6.58 Å². The normalized spacial score (nSPS) is 14.5. The van der Waals surface area contributed by atoms with E-state index in [2.05, 4.69) is 6.58 Å². The molecule has 0 heterocycles. The van der Waals surface area contributed by atoms with E-state index in [1.165, 1.54) is 12.1 Å². The number of carboxylic acid groups (broad SMARTS) is 1. The van der Waals surface area contributed by atoms with Crippen molar-refractivity contribution in [3.05, 3.63) is 78.4 Å². The molecule has 2 unspecified atom stereocenters. The molecule has 2 N–H and O–H groups in total. The molecule has 2 rings (SSSR count). The lowest BCUT2D eigenvalue weighted by atomic mass is 10.1. The van der Waals surface area contributed by atoms with Crippen LogP contribution in [0.15, 0.2) is 67.3 Å². The molecule has 120 valence electrons. The first-order chi connectivity index (χ1) is 10.9. The molecular formula is C17H17O5P. The molecule has 0 spiro atoms. The second-order valence-electron chi connectivity index (χ2n) is 4.92. The Morgan fingerprint density at radius 2 is 1.78 bits per heavy atom. The Bertz CT molecular complexity index is 742. The second-order valence-corrected chi connectivity index (χ2v) is 6.79. The molecule has 23 heavy (non-hydrogen) atoms. The molecule has 2 aromatic carbocycles. The van der Waals surface area contributed by atoms with E-state index in [-0.39, 0.29) is 12.2 Å². The van der Waals surface area contributed by atoms with Gasteiger partial charge in [-0.3, -0.25) is 4.79 Å². The summed E-state index contributed by atoms with van der Waals surface area (Å²) in [5, 5.41) is 8.92. The maximum absolute atomic E-state index is 12.7. The minimum atomic E-state index is -4.13. The van der Waals surface area contributed by atoms with Gasteiger partial charge in [0.05, 0.1) is 6.42 Å². The summed E-state index contributed by atoms with van der Waals surface area (Å²) in [6.07, 6.45) is 1.07. The SMILES string of the molecule is C=CC(c1ccccc1)P(=O)(O)Oc1ccccc1CC(=O)O. The molecule has 0 saturated heterocycles. The van der Waals surface area contributed by atoms with Gasteiger partial charge in [0.25, 0.3) is 0 Å². The fraction of sp³-hybridized carbons (Fsp3) is 0.118. The average Bonchev–Trinajstić information content (AvgIpc) is 2.50. The molecule has 0 fully saturated rings. The number of allylic oxidation sites excluding steroid dienone is 1. The van der Waals surface area contributed by atoms with Crippen LogP contribution in [0.5, 0.6) is 5.75 Å². The van der Waals surface area contributed by atoms with Crippen LogP contribution in [0.4, 0.5) is 0 Å². The summed E-state index contributed by atoms with van der Waals surface area (Å²) in [5.74, 6) is -0.958. The highest BCUT2D eigenvalue weighted by Gasteiger charge is 2.33. The quantitative estimate of drug-likeness (QED) is 0.595. The molecule has 0 amide bonds. The standard InChI is InChI=1S/C17H17O5P/c1-2-16(13-8-4-3-5-9-13)23(20,21)22-15-11-7-6-10-14(15)12-17(18)19/h2-11,16H,1,12H2,(H,18,19)(H,20,21). The molecule has 0 radical (unpaired) electrons. The third kappa shape index (κ3) is 4.31. The smallest absolute Gasteiger partial charge is 0.387 e. The molecule has 0 aliphatic carbocycles. The van der Waals surface area contributed by atoms with Gasteiger partial charge in [0.2, 0.25) is 0 Å². The third-order valence-corrected chi connectivity index (χ3v) is 4.93.